The summed E-state index contributed by atoms with van der Waals surface area (Å²) in [6, 6.07) is 9.39. The number of para-hydroxylation sites is 1. The molecule has 0 radical (unpaired) electrons. The van der Waals surface area contributed by atoms with Crippen LogP contribution >= 0.6 is 0 Å². The minimum Gasteiger partial charge on any atom is -0.398 e. The lowest BCUT2D eigenvalue weighted by Crippen LogP contribution is -2.37. The van der Waals surface area contributed by atoms with E-state index in [1.54, 1.807) is 11.0 Å². The van der Waals surface area contributed by atoms with Crippen molar-refractivity contribution in [1.29, 1.82) is 0 Å². The minimum atomic E-state index is -0.0741. The zero-order valence-corrected chi connectivity index (χ0v) is 11.6. The average molecular weight is 257 g/mol. The number of benzene rings is 1. The number of fused-ring (bicyclic) bond motifs is 1. The van der Waals surface area contributed by atoms with E-state index in [2.05, 4.69) is 4.98 Å². The second-order valence-corrected chi connectivity index (χ2v) is 4.80. The molecular formula is C15H19N3O. The third-order valence-corrected chi connectivity index (χ3v) is 3.19. The van der Waals surface area contributed by atoms with Crippen LogP contribution < -0.4 is 5.73 Å². The number of hydrogen-bond donors (Lipinski definition) is 1. The molecule has 0 spiro atoms. The summed E-state index contributed by atoms with van der Waals surface area (Å²) >= 11 is 0. The average Bonchev–Trinajstić information content (AvgIpc) is 2.39. The highest BCUT2D eigenvalue weighted by atomic mass is 16.2. The Morgan fingerprint density at radius 2 is 2.05 bits per heavy atom. The molecule has 2 rings (SSSR count). The van der Waals surface area contributed by atoms with E-state index in [1.165, 1.54) is 0 Å². The highest BCUT2D eigenvalue weighted by Gasteiger charge is 2.19. The molecule has 1 aromatic carbocycles. The van der Waals surface area contributed by atoms with Gasteiger partial charge in [0.2, 0.25) is 0 Å². The van der Waals surface area contributed by atoms with Gasteiger partial charge in [0.05, 0.1) is 5.52 Å². The van der Waals surface area contributed by atoms with Crippen molar-refractivity contribution < 1.29 is 4.79 Å². The standard InChI is InChI=1S/C15H19N3O/c1-4-18(10(2)3)15(19)14-9-12(16)11-7-5-6-8-13(11)17-14/h5-10H,4H2,1-3H3,(H2,16,17). The zero-order chi connectivity index (χ0) is 14.0. The smallest absolute Gasteiger partial charge is 0.272 e. The highest BCUT2D eigenvalue weighted by molar-refractivity contribution is 5.99. The van der Waals surface area contributed by atoms with Crippen molar-refractivity contribution >= 4 is 22.5 Å². The Balaban J connectivity index is 2.48. The Hall–Kier alpha value is -2.10. The Bertz CT molecular complexity index is 607. The van der Waals surface area contributed by atoms with Crippen LogP contribution in [0.1, 0.15) is 31.3 Å². The summed E-state index contributed by atoms with van der Waals surface area (Å²) < 4.78 is 0. The molecule has 0 bridgehead atoms. The molecule has 0 saturated heterocycles. The van der Waals surface area contributed by atoms with Gasteiger partial charge >= 0.3 is 0 Å². The number of aromatic nitrogens is 1. The lowest BCUT2D eigenvalue weighted by atomic mass is 10.1. The molecule has 4 nitrogen and oxygen atoms in total. The molecule has 0 aliphatic heterocycles. The van der Waals surface area contributed by atoms with E-state index in [0.29, 0.717) is 17.9 Å². The highest BCUT2D eigenvalue weighted by Crippen LogP contribution is 2.21. The molecule has 1 aromatic heterocycles. The Morgan fingerprint density at radius 3 is 2.68 bits per heavy atom. The second-order valence-electron chi connectivity index (χ2n) is 4.80. The van der Waals surface area contributed by atoms with Crippen molar-refractivity contribution in [3.63, 3.8) is 0 Å². The summed E-state index contributed by atoms with van der Waals surface area (Å²) in [5.41, 5.74) is 7.76. The minimum absolute atomic E-state index is 0.0741. The first-order valence-electron chi connectivity index (χ1n) is 6.50. The van der Waals surface area contributed by atoms with Gasteiger partial charge in [-0.2, -0.15) is 0 Å². The van der Waals surface area contributed by atoms with Gasteiger partial charge in [-0.05, 0) is 32.9 Å². The molecule has 0 unspecified atom stereocenters. The van der Waals surface area contributed by atoms with Crippen molar-refractivity contribution in [3.8, 4) is 0 Å². The molecule has 0 fully saturated rings. The van der Waals surface area contributed by atoms with Gasteiger partial charge in [-0.15, -0.1) is 0 Å². The van der Waals surface area contributed by atoms with Crippen LogP contribution in [-0.2, 0) is 0 Å². The van der Waals surface area contributed by atoms with Gasteiger partial charge in [-0.3, -0.25) is 4.79 Å². The molecule has 0 aliphatic rings. The van der Waals surface area contributed by atoms with E-state index in [1.807, 2.05) is 45.0 Å². The van der Waals surface area contributed by atoms with Crippen molar-refractivity contribution in [2.75, 3.05) is 12.3 Å². The fourth-order valence-corrected chi connectivity index (χ4v) is 2.20. The van der Waals surface area contributed by atoms with Crippen LogP contribution in [0.15, 0.2) is 30.3 Å². The zero-order valence-electron chi connectivity index (χ0n) is 11.6. The predicted octanol–water partition coefficient (Wildman–Crippen LogP) is 2.69. The monoisotopic (exact) mass is 257 g/mol. The molecule has 1 heterocycles. The molecule has 0 atom stereocenters. The summed E-state index contributed by atoms with van der Waals surface area (Å²) in [5.74, 6) is -0.0741. The van der Waals surface area contributed by atoms with E-state index < -0.39 is 0 Å². The quantitative estimate of drug-likeness (QED) is 0.919. The molecule has 1 amide bonds. The summed E-state index contributed by atoms with van der Waals surface area (Å²) in [4.78, 5) is 18.6. The Morgan fingerprint density at radius 1 is 1.37 bits per heavy atom. The fraction of sp³-hybridized carbons (Fsp3) is 0.333. The number of nitrogens with zero attached hydrogens (tertiary/aromatic N) is 2. The van der Waals surface area contributed by atoms with Crippen LogP contribution in [0.25, 0.3) is 10.9 Å². The summed E-state index contributed by atoms with van der Waals surface area (Å²) in [5, 5.41) is 0.881. The van der Waals surface area contributed by atoms with Crippen molar-refractivity contribution in [1.82, 2.24) is 9.88 Å². The van der Waals surface area contributed by atoms with Crippen LogP contribution in [0.4, 0.5) is 5.69 Å². The third-order valence-electron chi connectivity index (χ3n) is 3.19. The van der Waals surface area contributed by atoms with E-state index in [4.69, 9.17) is 5.73 Å². The first kappa shape index (κ1) is 13.3. The largest absolute Gasteiger partial charge is 0.398 e. The topological polar surface area (TPSA) is 59.2 Å². The summed E-state index contributed by atoms with van der Waals surface area (Å²) in [6.07, 6.45) is 0. The molecule has 4 heteroatoms. The predicted molar refractivity (Wildman–Crippen MR) is 78.0 cm³/mol. The van der Waals surface area contributed by atoms with Crippen LogP contribution in [0.2, 0.25) is 0 Å². The maximum atomic E-state index is 12.4. The Kier molecular flexibility index (Phi) is 3.69. The number of nitrogens with two attached hydrogens (primary N) is 1. The van der Waals surface area contributed by atoms with Gasteiger partial charge in [0, 0.05) is 23.7 Å². The van der Waals surface area contributed by atoms with Crippen LogP contribution in [-0.4, -0.2) is 28.4 Å². The first-order valence-corrected chi connectivity index (χ1v) is 6.50. The molecule has 2 aromatic rings. The van der Waals surface area contributed by atoms with Crippen LogP contribution in [0.3, 0.4) is 0 Å². The number of carbonyl (C=O) groups is 1. The number of rotatable bonds is 3. The van der Waals surface area contributed by atoms with Gasteiger partial charge in [-0.1, -0.05) is 18.2 Å². The Labute approximate surface area is 113 Å². The molecule has 100 valence electrons. The van der Waals surface area contributed by atoms with E-state index in [0.717, 1.165) is 10.9 Å². The van der Waals surface area contributed by atoms with Crippen molar-refractivity contribution in [2.24, 2.45) is 0 Å². The number of nitrogen functional groups attached to an aromatic ring is 1. The SMILES string of the molecule is CCN(C(=O)c1cc(N)c2ccccc2n1)C(C)C. The van der Waals surface area contributed by atoms with Gasteiger partial charge in [-0.25, -0.2) is 4.98 Å². The van der Waals surface area contributed by atoms with Gasteiger partial charge in [0.25, 0.3) is 5.91 Å². The van der Waals surface area contributed by atoms with Gasteiger partial charge < -0.3 is 10.6 Å². The van der Waals surface area contributed by atoms with Crippen molar-refractivity contribution in [2.45, 2.75) is 26.8 Å². The molecular weight excluding hydrogens is 238 g/mol. The molecule has 19 heavy (non-hydrogen) atoms. The molecule has 0 aliphatic carbocycles. The number of anilines is 1. The molecule has 0 saturated carbocycles. The lowest BCUT2D eigenvalue weighted by Gasteiger charge is -2.24. The fourth-order valence-electron chi connectivity index (χ4n) is 2.20. The maximum absolute atomic E-state index is 12.4. The van der Waals surface area contributed by atoms with Crippen LogP contribution in [0, 0.1) is 0 Å². The number of amides is 1. The summed E-state index contributed by atoms with van der Waals surface area (Å²) in [7, 11) is 0. The summed E-state index contributed by atoms with van der Waals surface area (Å²) in [6.45, 7) is 6.60. The number of hydrogen-bond acceptors (Lipinski definition) is 3. The maximum Gasteiger partial charge on any atom is 0.272 e. The second kappa shape index (κ2) is 5.26. The van der Waals surface area contributed by atoms with E-state index in [-0.39, 0.29) is 11.9 Å². The first-order chi connectivity index (χ1) is 9.04. The molecule has 2 N–H and O–H groups in total. The van der Waals surface area contributed by atoms with Crippen LogP contribution in [0.5, 0.6) is 0 Å². The number of carbonyl (C=O) groups excluding carboxylic acids is 1. The van der Waals surface area contributed by atoms with Crippen molar-refractivity contribution in [3.05, 3.63) is 36.0 Å². The third kappa shape index (κ3) is 2.52. The normalized spacial score (nSPS) is 10.9. The van der Waals surface area contributed by atoms with Gasteiger partial charge in [0.1, 0.15) is 5.69 Å². The van der Waals surface area contributed by atoms with Gasteiger partial charge in [0.15, 0.2) is 0 Å². The van der Waals surface area contributed by atoms with E-state index in [9.17, 15) is 4.79 Å². The number of pyridine rings is 1. The van der Waals surface area contributed by atoms with E-state index >= 15 is 0 Å². The lowest BCUT2D eigenvalue weighted by molar-refractivity contribution is 0.0711.